The summed E-state index contributed by atoms with van der Waals surface area (Å²) in [5, 5.41) is 4.85. The molecule has 0 fully saturated rings. The zero-order chi connectivity index (χ0) is 19.6. The molecule has 0 unspecified atom stereocenters. The van der Waals surface area contributed by atoms with Gasteiger partial charge < -0.3 is 10.1 Å². The summed E-state index contributed by atoms with van der Waals surface area (Å²) in [6, 6.07) is 7.39. The highest BCUT2D eigenvalue weighted by atomic mass is 32.2. The fourth-order valence-electron chi connectivity index (χ4n) is 2.66. The van der Waals surface area contributed by atoms with Gasteiger partial charge in [0.05, 0.1) is 18.6 Å². The highest BCUT2D eigenvalue weighted by Crippen LogP contribution is 2.36. The average molecular weight is 402 g/mol. The summed E-state index contributed by atoms with van der Waals surface area (Å²) in [6.07, 6.45) is 0. The van der Waals surface area contributed by atoms with Crippen molar-refractivity contribution < 1.29 is 9.53 Å². The molecular weight excluding hydrogens is 378 g/mol. The lowest BCUT2D eigenvalue weighted by atomic mass is 10.2. The number of amides is 1. The van der Waals surface area contributed by atoms with Gasteiger partial charge in [-0.2, -0.15) is 0 Å². The molecule has 0 saturated carbocycles. The number of aryl methyl sites for hydroxylation is 2. The number of carbonyl (C=O) groups is 1. The van der Waals surface area contributed by atoms with E-state index in [1.807, 2.05) is 24.3 Å². The van der Waals surface area contributed by atoms with Gasteiger partial charge in [-0.3, -0.25) is 4.79 Å². The number of fused-ring (bicyclic) bond motifs is 1. The minimum atomic E-state index is -0.0908. The van der Waals surface area contributed by atoms with Crippen LogP contribution in [-0.4, -0.2) is 28.7 Å². The van der Waals surface area contributed by atoms with Gasteiger partial charge in [0.25, 0.3) is 0 Å². The maximum Gasteiger partial charge on any atom is 0.234 e. The number of aromatic nitrogens is 2. The standard InChI is InChI=1S/C20H23N3O2S2/c1-11(2)18-22-19(17-12(3)13(4)27-20(17)23-18)26-10-16(24)21-14-8-6-7-9-15(14)25-5/h6-9,11H,10H2,1-5H3,(H,21,24). The van der Waals surface area contributed by atoms with Crippen LogP contribution in [0.3, 0.4) is 0 Å². The van der Waals surface area contributed by atoms with Crippen LogP contribution in [0, 0.1) is 13.8 Å². The zero-order valence-electron chi connectivity index (χ0n) is 16.1. The smallest absolute Gasteiger partial charge is 0.234 e. The van der Waals surface area contributed by atoms with Crippen molar-refractivity contribution in [2.75, 3.05) is 18.2 Å². The van der Waals surface area contributed by atoms with Gasteiger partial charge in [-0.25, -0.2) is 9.97 Å². The Balaban J connectivity index is 1.82. The van der Waals surface area contributed by atoms with Gasteiger partial charge in [-0.1, -0.05) is 37.7 Å². The average Bonchev–Trinajstić information content (AvgIpc) is 2.94. The predicted molar refractivity (Wildman–Crippen MR) is 113 cm³/mol. The van der Waals surface area contributed by atoms with Crippen molar-refractivity contribution in [2.24, 2.45) is 0 Å². The lowest BCUT2D eigenvalue weighted by Crippen LogP contribution is -2.15. The maximum absolute atomic E-state index is 12.5. The van der Waals surface area contributed by atoms with Crippen LogP contribution in [0.15, 0.2) is 29.3 Å². The van der Waals surface area contributed by atoms with E-state index in [9.17, 15) is 4.79 Å². The van der Waals surface area contributed by atoms with Crippen LogP contribution in [0.5, 0.6) is 5.75 Å². The highest BCUT2D eigenvalue weighted by molar-refractivity contribution is 8.00. The van der Waals surface area contributed by atoms with Gasteiger partial charge in [0, 0.05) is 16.2 Å². The Morgan fingerprint density at radius 2 is 2.00 bits per heavy atom. The van der Waals surface area contributed by atoms with Crippen molar-refractivity contribution >= 4 is 44.9 Å². The Morgan fingerprint density at radius 3 is 2.70 bits per heavy atom. The number of hydrogen-bond acceptors (Lipinski definition) is 6. The molecule has 3 rings (SSSR count). The van der Waals surface area contributed by atoms with Crippen molar-refractivity contribution in [1.29, 1.82) is 0 Å². The quantitative estimate of drug-likeness (QED) is 0.456. The molecule has 0 saturated heterocycles. The molecule has 7 heteroatoms. The fourth-order valence-corrected chi connectivity index (χ4v) is 4.65. The molecule has 0 aliphatic heterocycles. The molecule has 1 aromatic carbocycles. The molecule has 2 aromatic heterocycles. The SMILES string of the molecule is COc1ccccc1NC(=O)CSc1nc(C(C)C)nc2sc(C)c(C)c12. The van der Waals surface area contributed by atoms with Crippen LogP contribution < -0.4 is 10.1 Å². The van der Waals surface area contributed by atoms with E-state index in [1.165, 1.54) is 22.2 Å². The number of rotatable bonds is 6. The molecule has 0 radical (unpaired) electrons. The largest absolute Gasteiger partial charge is 0.495 e. The minimum Gasteiger partial charge on any atom is -0.495 e. The number of nitrogens with zero attached hydrogens (tertiary/aromatic N) is 2. The van der Waals surface area contributed by atoms with Gasteiger partial charge in [0.1, 0.15) is 21.4 Å². The molecule has 0 aliphatic rings. The third-order valence-electron chi connectivity index (χ3n) is 4.25. The first-order valence-corrected chi connectivity index (χ1v) is 10.5. The summed E-state index contributed by atoms with van der Waals surface area (Å²) in [5.41, 5.74) is 1.86. The van der Waals surface area contributed by atoms with Crippen LogP contribution in [0.25, 0.3) is 10.2 Å². The van der Waals surface area contributed by atoms with E-state index in [4.69, 9.17) is 14.7 Å². The zero-order valence-corrected chi connectivity index (χ0v) is 17.8. The van der Waals surface area contributed by atoms with Gasteiger partial charge >= 0.3 is 0 Å². The third-order valence-corrected chi connectivity index (χ3v) is 6.33. The molecule has 5 nitrogen and oxygen atoms in total. The highest BCUT2D eigenvalue weighted by Gasteiger charge is 2.17. The molecule has 27 heavy (non-hydrogen) atoms. The number of thioether (sulfide) groups is 1. The summed E-state index contributed by atoms with van der Waals surface area (Å²) >= 11 is 3.14. The first kappa shape index (κ1) is 19.6. The van der Waals surface area contributed by atoms with Crippen molar-refractivity contribution in [1.82, 2.24) is 9.97 Å². The van der Waals surface area contributed by atoms with E-state index in [0.717, 1.165) is 21.1 Å². The first-order valence-electron chi connectivity index (χ1n) is 8.74. The van der Waals surface area contributed by atoms with E-state index in [0.29, 0.717) is 11.4 Å². The van der Waals surface area contributed by atoms with Crippen molar-refractivity contribution in [3.63, 3.8) is 0 Å². The van der Waals surface area contributed by atoms with Crippen LogP contribution in [0.1, 0.15) is 36.0 Å². The monoisotopic (exact) mass is 401 g/mol. The Labute approximate surface area is 167 Å². The number of para-hydroxylation sites is 2. The van der Waals surface area contributed by atoms with Crippen molar-refractivity contribution in [2.45, 2.75) is 38.6 Å². The molecule has 2 heterocycles. The molecule has 0 atom stereocenters. The number of benzene rings is 1. The lowest BCUT2D eigenvalue weighted by Gasteiger charge is -2.11. The molecule has 1 amide bonds. The second-order valence-electron chi connectivity index (χ2n) is 6.54. The Hall–Kier alpha value is -2.12. The van der Waals surface area contributed by atoms with Crippen LogP contribution in [0.2, 0.25) is 0 Å². The van der Waals surface area contributed by atoms with E-state index >= 15 is 0 Å². The number of hydrogen-bond donors (Lipinski definition) is 1. The summed E-state index contributed by atoms with van der Waals surface area (Å²) in [5.74, 6) is 1.88. The van der Waals surface area contributed by atoms with Gasteiger partial charge in [-0.15, -0.1) is 11.3 Å². The molecule has 1 N–H and O–H groups in total. The van der Waals surface area contributed by atoms with Crippen LogP contribution in [0.4, 0.5) is 5.69 Å². The summed E-state index contributed by atoms with van der Waals surface area (Å²) in [6.45, 7) is 8.35. The van der Waals surface area contributed by atoms with Gasteiger partial charge in [0.2, 0.25) is 5.91 Å². The molecule has 0 aliphatic carbocycles. The summed E-state index contributed by atoms with van der Waals surface area (Å²) in [7, 11) is 1.59. The number of nitrogens with one attached hydrogen (secondary N) is 1. The molecule has 0 bridgehead atoms. The summed E-state index contributed by atoms with van der Waals surface area (Å²) in [4.78, 5) is 24.2. The van der Waals surface area contributed by atoms with E-state index in [2.05, 4.69) is 33.0 Å². The van der Waals surface area contributed by atoms with Crippen molar-refractivity contribution in [3.05, 3.63) is 40.5 Å². The fraction of sp³-hybridized carbons (Fsp3) is 0.350. The molecular formula is C20H23N3O2S2. The van der Waals surface area contributed by atoms with Crippen LogP contribution in [-0.2, 0) is 4.79 Å². The molecule has 0 spiro atoms. The van der Waals surface area contributed by atoms with E-state index in [1.54, 1.807) is 18.4 Å². The van der Waals surface area contributed by atoms with Crippen molar-refractivity contribution in [3.8, 4) is 5.75 Å². The number of carbonyl (C=O) groups excluding carboxylic acids is 1. The van der Waals surface area contributed by atoms with Crippen LogP contribution >= 0.6 is 23.1 Å². The maximum atomic E-state index is 12.5. The Kier molecular flexibility index (Phi) is 6.01. The number of methoxy groups -OCH3 is 1. The Morgan fingerprint density at radius 1 is 1.26 bits per heavy atom. The normalized spacial score (nSPS) is 11.2. The second-order valence-corrected chi connectivity index (χ2v) is 8.71. The summed E-state index contributed by atoms with van der Waals surface area (Å²) < 4.78 is 5.29. The number of thiophene rings is 1. The first-order chi connectivity index (χ1) is 12.9. The number of anilines is 1. The second kappa shape index (κ2) is 8.27. The minimum absolute atomic E-state index is 0.0908. The lowest BCUT2D eigenvalue weighted by molar-refractivity contribution is -0.113. The molecule has 142 valence electrons. The van der Waals surface area contributed by atoms with Gasteiger partial charge in [0.15, 0.2) is 0 Å². The van der Waals surface area contributed by atoms with Gasteiger partial charge in [-0.05, 0) is 31.5 Å². The van der Waals surface area contributed by atoms with E-state index < -0.39 is 0 Å². The topological polar surface area (TPSA) is 64.1 Å². The van der Waals surface area contributed by atoms with E-state index in [-0.39, 0.29) is 17.6 Å². The third kappa shape index (κ3) is 4.25. The number of ether oxygens (including phenoxy) is 1. The molecule has 3 aromatic rings. The Bertz CT molecular complexity index is 983. The predicted octanol–water partition coefficient (Wildman–Crippen LogP) is 5.17.